The molecule has 3 heterocycles. The normalized spacial score (nSPS) is 15.4. The van der Waals surface area contributed by atoms with Gasteiger partial charge < -0.3 is 20.9 Å². The van der Waals surface area contributed by atoms with Crippen molar-refractivity contribution in [3.63, 3.8) is 0 Å². The quantitative estimate of drug-likeness (QED) is 0.453. The fourth-order valence-electron chi connectivity index (χ4n) is 3.44. The predicted molar refractivity (Wildman–Crippen MR) is 123 cm³/mol. The summed E-state index contributed by atoms with van der Waals surface area (Å²) < 4.78 is 13.1. The molecule has 3 N–H and O–H groups in total. The summed E-state index contributed by atoms with van der Waals surface area (Å²) in [4.78, 5) is 30.5. The highest BCUT2D eigenvalue weighted by Gasteiger charge is 2.34. The number of halogens is 1. The Hall–Kier alpha value is -4.08. The number of pyridine rings is 1. The molecule has 0 spiro atoms. The molecule has 0 radical (unpaired) electrons. The number of nitrogens with one attached hydrogen (secondary N) is 3. The summed E-state index contributed by atoms with van der Waals surface area (Å²) in [5.74, 6) is 0.679. The van der Waals surface area contributed by atoms with Crippen molar-refractivity contribution in [2.45, 2.75) is 13.3 Å². The van der Waals surface area contributed by atoms with E-state index in [0.29, 0.717) is 36.2 Å². The number of carbonyl (C=O) groups is 2. The van der Waals surface area contributed by atoms with Gasteiger partial charge in [-0.2, -0.15) is 0 Å². The Balaban J connectivity index is 1.19. The lowest BCUT2D eigenvalue weighted by Gasteiger charge is -2.16. The number of carbonyl (C=O) groups excluding carboxylic acids is 2. The lowest BCUT2D eigenvalue weighted by Crippen LogP contribution is -2.35. The Morgan fingerprint density at radius 1 is 1.03 bits per heavy atom. The van der Waals surface area contributed by atoms with Crippen LogP contribution in [-0.2, 0) is 9.59 Å². The predicted octanol–water partition coefficient (Wildman–Crippen LogP) is 2.64. The van der Waals surface area contributed by atoms with Crippen LogP contribution in [0.3, 0.4) is 0 Å². The summed E-state index contributed by atoms with van der Waals surface area (Å²) in [6.07, 6.45) is 1.90. The van der Waals surface area contributed by atoms with E-state index in [-0.39, 0.29) is 30.6 Å². The van der Waals surface area contributed by atoms with Crippen molar-refractivity contribution in [3.8, 4) is 0 Å². The maximum absolute atomic E-state index is 13.1. The summed E-state index contributed by atoms with van der Waals surface area (Å²) >= 11 is 0. The number of hydrogen-bond donors (Lipinski definition) is 3. The molecule has 1 aromatic carbocycles. The molecule has 2 amide bonds. The second-order valence-electron chi connectivity index (χ2n) is 7.75. The Morgan fingerprint density at radius 3 is 2.45 bits per heavy atom. The summed E-state index contributed by atoms with van der Waals surface area (Å²) in [6, 6.07) is 13.1. The Labute approximate surface area is 190 Å². The zero-order valence-corrected chi connectivity index (χ0v) is 18.1. The van der Waals surface area contributed by atoms with Gasteiger partial charge in [0.25, 0.3) is 0 Å². The second kappa shape index (κ2) is 10.0. The highest BCUT2D eigenvalue weighted by molar-refractivity contribution is 6.00. The third-order valence-corrected chi connectivity index (χ3v) is 5.20. The smallest absolute Gasteiger partial charge is 0.227 e. The van der Waals surface area contributed by atoms with Crippen molar-refractivity contribution in [3.05, 3.63) is 66.1 Å². The zero-order valence-electron chi connectivity index (χ0n) is 18.1. The van der Waals surface area contributed by atoms with E-state index in [1.54, 1.807) is 18.3 Å². The van der Waals surface area contributed by atoms with Gasteiger partial charge in [0.2, 0.25) is 11.8 Å². The van der Waals surface area contributed by atoms with E-state index in [2.05, 4.69) is 31.1 Å². The van der Waals surface area contributed by atoms with Crippen LogP contribution in [0, 0.1) is 18.7 Å². The highest BCUT2D eigenvalue weighted by Crippen LogP contribution is 2.25. The van der Waals surface area contributed by atoms with Gasteiger partial charge in [0.05, 0.1) is 5.92 Å². The molecule has 10 heteroatoms. The van der Waals surface area contributed by atoms with Gasteiger partial charge in [-0.05, 0) is 55.0 Å². The average Bonchev–Trinajstić information content (AvgIpc) is 3.21. The van der Waals surface area contributed by atoms with Crippen LogP contribution in [0.5, 0.6) is 0 Å². The fraction of sp³-hybridized carbons (Fsp3) is 0.261. The van der Waals surface area contributed by atoms with Gasteiger partial charge in [0.15, 0.2) is 5.82 Å². The third-order valence-electron chi connectivity index (χ3n) is 5.20. The van der Waals surface area contributed by atoms with Crippen LogP contribution in [0.2, 0.25) is 0 Å². The molecule has 0 saturated carbocycles. The maximum Gasteiger partial charge on any atom is 0.227 e. The SMILES string of the molecule is Cc1ccc(Nc2ccc(NCCNC(=O)C3CC(=O)N(c4ccc(F)cc4)C3)nn2)nc1. The van der Waals surface area contributed by atoms with E-state index in [1.807, 2.05) is 19.1 Å². The monoisotopic (exact) mass is 449 g/mol. The van der Waals surface area contributed by atoms with E-state index in [4.69, 9.17) is 0 Å². The standard InChI is InChI=1S/C23H24FN7O2/c1-15-2-7-19(27-13-15)28-21-9-8-20(29-30-21)25-10-11-26-23(33)16-12-22(32)31(14-16)18-5-3-17(24)4-6-18/h2-9,13,16H,10-12,14H2,1H3,(H,25,29)(H,26,33)(H,27,28,30). The second-order valence-corrected chi connectivity index (χ2v) is 7.75. The molecule has 2 aromatic heterocycles. The summed E-state index contributed by atoms with van der Waals surface area (Å²) in [6.45, 7) is 3.07. The first-order valence-electron chi connectivity index (χ1n) is 10.6. The van der Waals surface area contributed by atoms with E-state index in [1.165, 1.54) is 29.2 Å². The molecule has 1 fully saturated rings. The highest BCUT2D eigenvalue weighted by atomic mass is 19.1. The van der Waals surface area contributed by atoms with Gasteiger partial charge in [0.1, 0.15) is 17.5 Å². The number of aryl methyl sites for hydroxylation is 1. The van der Waals surface area contributed by atoms with Crippen LogP contribution in [0.25, 0.3) is 0 Å². The van der Waals surface area contributed by atoms with Gasteiger partial charge >= 0.3 is 0 Å². The van der Waals surface area contributed by atoms with Crippen molar-refractivity contribution < 1.29 is 14.0 Å². The molecule has 170 valence electrons. The molecule has 0 bridgehead atoms. The van der Waals surface area contributed by atoms with Gasteiger partial charge in [-0.15, -0.1) is 10.2 Å². The number of nitrogens with zero attached hydrogens (tertiary/aromatic N) is 4. The Morgan fingerprint density at radius 2 is 1.76 bits per heavy atom. The lowest BCUT2D eigenvalue weighted by atomic mass is 10.1. The lowest BCUT2D eigenvalue weighted by molar-refractivity contribution is -0.126. The molecular weight excluding hydrogens is 425 g/mol. The van der Waals surface area contributed by atoms with Crippen molar-refractivity contribution in [2.24, 2.45) is 5.92 Å². The maximum atomic E-state index is 13.1. The average molecular weight is 449 g/mol. The number of anilines is 4. The molecule has 3 aromatic rings. The van der Waals surface area contributed by atoms with Gasteiger partial charge in [0, 0.05) is 37.9 Å². The molecular formula is C23H24FN7O2. The topological polar surface area (TPSA) is 112 Å². The first-order valence-corrected chi connectivity index (χ1v) is 10.6. The number of rotatable bonds is 8. The van der Waals surface area contributed by atoms with Crippen LogP contribution in [0.1, 0.15) is 12.0 Å². The van der Waals surface area contributed by atoms with E-state index >= 15 is 0 Å². The summed E-state index contributed by atoms with van der Waals surface area (Å²) in [7, 11) is 0. The summed E-state index contributed by atoms with van der Waals surface area (Å²) in [5, 5.41) is 17.2. The molecule has 0 aliphatic carbocycles. The Kier molecular flexibility index (Phi) is 6.72. The van der Waals surface area contributed by atoms with Gasteiger partial charge in [-0.3, -0.25) is 9.59 Å². The van der Waals surface area contributed by atoms with E-state index in [9.17, 15) is 14.0 Å². The molecule has 33 heavy (non-hydrogen) atoms. The molecule has 9 nitrogen and oxygen atoms in total. The van der Waals surface area contributed by atoms with Crippen LogP contribution in [-0.4, -0.2) is 46.6 Å². The van der Waals surface area contributed by atoms with Crippen LogP contribution in [0.15, 0.2) is 54.7 Å². The molecule has 1 saturated heterocycles. The molecule has 1 aliphatic rings. The van der Waals surface area contributed by atoms with E-state index < -0.39 is 5.92 Å². The molecule has 4 rings (SSSR count). The largest absolute Gasteiger partial charge is 0.367 e. The van der Waals surface area contributed by atoms with Crippen LogP contribution in [0.4, 0.5) is 27.5 Å². The first kappa shape index (κ1) is 22.1. The zero-order chi connectivity index (χ0) is 23.2. The van der Waals surface area contributed by atoms with Gasteiger partial charge in [-0.1, -0.05) is 6.07 Å². The molecule has 1 aliphatic heterocycles. The molecule has 1 atom stereocenters. The minimum Gasteiger partial charge on any atom is -0.367 e. The fourth-order valence-corrected chi connectivity index (χ4v) is 3.44. The van der Waals surface area contributed by atoms with Crippen LogP contribution < -0.4 is 20.9 Å². The number of aromatic nitrogens is 3. The number of benzene rings is 1. The van der Waals surface area contributed by atoms with Crippen molar-refractivity contribution >= 4 is 35.0 Å². The van der Waals surface area contributed by atoms with E-state index in [0.717, 1.165) is 5.56 Å². The number of amides is 2. The van der Waals surface area contributed by atoms with Crippen LogP contribution >= 0.6 is 0 Å². The minimum atomic E-state index is -0.442. The van der Waals surface area contributed by atoms with Gasteiger partial charge in [-0.25, -0.2) is 9.37 Å². The minimum absolute atomic E-state index is 0.131. The molecule has 1 unspecified atom stereocenters. The van der Waals surface area contributed by atoms with Crippen molar-refractivity contribution in [1.29, 1.82) is 0 Å². The number of hydrogen-bond acceptors (Lipinski definition) is 7. The van der Waals surface area contributed by atoms with Crippen molar-refractivity contribution in [1.82, 2.24) is 20.5 Å². The first-order chi connectivity index (χ1) is 16.0. The third kappa shape index (κ3) is 5.79. The van der Waals surface area contributed by atoms with Crippen molar-refractivity contribution in [2.75, 3.05) is 35.2 Å². The summed E-state index contributed by atoms with van der Waals surface area (Å²) in [5.41, 5.74) is 1.66. The Bertz CT molecular complexity index is 1110.